The van der Waals surface area contributed by atoms with E-state index in [2.05, 4.69) is 23.6 Å². The van der Waals surface area contributed by atoms with Crippen LogP contribution in [0.2, 0.25) is 0 Å². The first kappa shape index (κ1) is 18.9. The number of hydrogen-bond donors (Lipinski definition) is 1. The Hall–Kier alpha value is -1.43. The summed E-state index contributed by atoms with van der Waals surface area (Å²) < 4.78 is 4.74. The number of hydrogen-bond acceptors (Lipinski definition) is 5. The molecule has 5 nitrogen and oxygen atoms in total. The Morgan fingerprint density at radius 2 is 1.75 bits per heavy atom. The van der Waals surface area contributed by atoms with E-state index in [1.807, 2.05) is 38.1 Å². The Balaban J connectivity index is 1.99. The van der Waals surface area contributed by atoms with Crippen LogP contribution in [0.4, 0.5) is 0 Å². The molecular weight excluding hydrogens is 304 g/mol. The summed E-state index contributed by atoms with van der Waals surface area (Å²) in [7, 11) is 1.40. The number of carbonyl (C=O) groups is 1. The maximum absolute atomic E-state index is 11.5. The van der Waals surface area contributed by atoms with Gasteiger partial charge < -0.3 is 9.84 Å². The summed E-state index contributed by atoms with van der Waals surface area (Å²) in [5, 5.41) is 10.0. The quantitative estimate of drug-likeness (QED) is 0.836. The largest absolute Gasteiger partial charge is 0.465 e. The topological polar surface area (TPSA) is 53.0 Å². The van der Waals surface area contributed by atoms with Gasteiger partial charge in [0.15, 0.2) is 0 Å². The number of aliphatic hydroxyl groups is 1. The molecule has 1 aromatic carbocycles. The smallest absolute Gasteiger partial charge is 0.337 e. The number of nitrogens with zero attached hydrogens (tertiary/aromatic N) is 2. The van der Waals surface area contributed by atoms with Gasteiger partial charge in [-0.3, -0.25) is 9.80 Å². The molecule has 0 radical (unpaired) electrons. The zero-order chi connectivity index (χ0) is 17.9. The summed E-state index contributed by atoms with van der Waals surface area (Å²) >= 11 is 0. The minimum atomic E-state index is -0.661. The van der Waals surface area contributed by atoms with E-state index in [1.54, 1.807) is 0 Å². The molecule has 1 N–H and O–H groups in total. The molecule has 0 saturated carbocycles. The van der Waals surface area contributed by atoms with E-state index in [9.17, 15) is 9.90 Å². The van der Waals surface area contributed by atoms with Crippen molar-refractivity contribution in [3.8, 4) is 0 Å². The molecule has 0 bridgehead atoms. The molecule has 24 heavy (non-hydrogen) atoms. The highest BCUT2D eigenvalue weighted by Crippen LogP contribution is 2.21. The molecule has 1 heterocycles. The Kier molecular flexibility index (Phi) is 6.01. The standard InChI is InChI=1S/C19H30N2O3/c1-14-10-20(13-19(3,4)23)11-15(2)21(14)12-16-6-8-17(9-7-16)18(22)24-5/h6-9,14-15,23H,10-13H2,1-5H3/t14-,15?/m0/s1. The molecular formula is C19H30N2O3. The average Bonchev–Trinajstić information content (AvgIpc) is 2.49. The van der Waals surface area contributed by atoms with E-state index in [4.69, 9.17) is 4.74 Å². The van der Waals surface area contributed by atoms with Crippen LogP contribution in [-0.4, -0.2) is 65.3 Å². The van der Waals surface area contributed by atoms with Crippen molar-refractivity contribution in [3.05, 3.63) is 35.4 Å². The van der Waals surface area contributed by atoms with Crippen molar-refractivity contribution >= 4 is 5.97 Å². The minimum Gasteiger partial charge on any atom is -0.465 e. The molecule has 0 aliphatic carbocycles. The summed E-state index contributed by atoms with van der Waals surface area (Å²) in [6.07, 6.45) is 0. The lowest BCUT2D eigenvalue weighted by molar-refractivity contribution is -0.0180. The summed E-state index contributed by atoms with van der Waals surface area (Å²) in [4.78, 5) is 16.3. The van der Waals surface area contributed by atoms with Gasteiger partial charge in [0.2, 0.25) is 0 Å². The van der Waals surface area contributed by atoms with Crippen LogP contribution in [-0.2, 0) is 11.3 Å². The first-order valence-electron chi connectivity index (χ1n) is 8.57. The Morgan fingerprint density at radius 1 is 1.21 bits per heavy atom. The third kappa shape index (κ3) is 5.03. The molecule has 1 fully saturated rings. The fraction of sp³-hybridized carbons (Fsp3) is 0.632. The Morgan fingerprint density at radius 3 is 2.21 bits per heavy atom. The number of carbonyl (C=O) groups excluding carboxylic acids is 1. The predicted octanol–water partition coefficient (Wildman–Crippen LogP) is 2.14. The minimum absolute atomic E-state index is 0.302. The van der Waals surface area contributed by atoms with Gasteiger partial charge in [0.1, 0.15) is 0 Å². The molecule has 2 rings (SSSR count). The van der Waals surface area contributed by atoms with Crippen LogP contribution in [0.15, 0.2) is 24.3 Å². The van der Waals surface area contributed by atoms with E-state index in [0.29, 0.717) is 24.2 Å². The van der Waals surface area contributed by atoms with E-state index in [0.717, 1.165) is 19.6 Å². The third-order valence-corrected chi connectivity index (χ3v) is 4.53. The van der Waals surface area contributed by atoms with Gasteiger partial charge in [0, 0.05) is 38.3 Å². The Labute approximate surface area is 145 Å². The van der Waals surface area contributed by atoms with E-state index >= 15 is 0 Å². The second-order valence-electron chi connectivity index (χ2n) is 7.57. The molecule has 0 amide bonds. The molecule has 1 aliphatic rings. The van der Waals surface area contributed by atoms with Gasteiger partial charge >= 0.3 is 5.97 Å². The lowest BCUT2D eigenvalue weighted by Gasteiger charge is -2.45. The van der Waals surface area contributed by atoms with E-state index in [1.165, 1.54) is 12.7 Å². The van der Waals surface area contributed by atoms with Gasteiger partial charge in [-0.05, 0) is 45.4 Å². The van der Waals surface area contributed by atoms with Gasteiger partial charge in [-0.15, -0.1) is 0 Å². The van der Waals surface area contributed by atoms with Crippen LogP contribution in [0, 0.1) is 0 Å². The summed E-state index contributed by atoms with van der Waals surface area (Å²) in [5.74, 6) is -0.302. The second kappa shape index (κ2) is 7.64. The number of rotatable bonds is 5. The molecule has 0 aromatic heterocycles. The highest BCUT2D eigenvalue weighted by Gasteiger charge is 2.31. The van der Waals surface area contributed by atoms with Crippen LogP contribution in [0.3, 0.4) is 0 Å². The SMILES string of the molecule is COC(=O)c1ccc(CN2C(C)CN(CC(C)(C)O)C[C@@H]2C)cc1. The summed E-state index contributed by atoms with van der Waals surface area (Å²) in [6, 6.07) is 8.46. The zero-order valence-corrected chi connectivity index (χ0v) is 15.5. The molecule has 1 unspecified atom stereocenters. The first-order chi connectivity index (χ1) is 11.2. The van der Waals surface area contributed by atoms with Gasteiger partial charge in [0.05, 0.1) is 18.3 Å². The van der Waals surface area contributed by atoms with Crippen molar-refractivity contribution in [2.75, 3.05) is 26.7 Å². The molecule has 2 atom stereocenters. The van der Waals surface area contributed by atoms with Crippen LogP contribution in [0.5, 0.6) is 0 Å². The number of benzene rings is 1. The van der Waals surface area contributed by atoms with Crippen LogP contribution >= 0.6 is 0 Å². The van der Waals surface area contributed by atoms with Gasteiger partial charge in [0.25, 0.3) is 0 Å². The highest BCUT2D eigenvalue weighted by atomic mass is 16.5. The van der Waals surface area contributed by atoms with Crippen molar-refractivity contribution in [3.63, 3.8) is 0 Å². The fourth-order valence-electron chi connectivity index (χ4n) is 3.53. The fourth-order valence-corrected chi connectivity index (χ4v) is 3.53. The van der Waals surface area contributed by atoms with Crippen molar-refractivity contribution in [2.45, 2.75) is 51.9 Å². The lowest BCUT2D eigenvalue weighted by atomic mass is 10.0. The number of piperazine rings is 1. The number of methoxy groups -OCH3 is 1. The molecule has 0 spiro atoms. The monoisotopic (exact) mass is 334 g/mol. The van der Waals surface area contributed by atoms with Gasteiger partial charge in [-0.2, -0.15) is 0 Å². The third-order valence-electron chi connectivity index (χ3n) is 4.53. The maximum Gasteiger partial charge on any atom is 0.337 e. The Bertz CT molecular complexity index is 539. The molecule has 5 heteroatoms. The van der Waals surface area contributed by atoms with Crippen molar-refractivity contribution in [1.29, 1.82) is 0 Å². The van der Waals surface area contributed by atoms with Crippen molar-refractivity contribution < 1.29 is 14.6 Å². The normalized spacial score (nSPS) is 23.2. The molecule has 1 aliphatic heterocycles. The van der Waals surface area contributed by atoms with E-state index < -0.39 is 5.60 Å². The van der Waals surface area contributed by atoms with Gasteiger partial charge in [-0.25, -0.2) is 4.79 Å². The summed E-state index contributed by atoms with van der Waals surface area (Å²) in [6.45, 7) is 11.6. The molecule has 1 saturated heterocycles. The maximum atomic E-state index is 11.5. The lowest BCUT2D eigenvalue weighted by Crippen LogP contribution is -2.58. The molecule has 1 aromatic rings. The second-order valence-corrected chi connectivity index (χ2v) is 7.57. The van der Waals surface area contributed by atoms with Crippen molar-refractivity contribution in [1.82, 2.24) is 9.80 Å². The van der Waals surface area contributed by atoms with E-state index in [-0.39, 0.29) is 5.97 Å². The highest BCUT2D eigenvalue weighted by molar-refractivity contribution is 5.89. The number of esters is 1. The molecule has 134 valence electrons. The predicted molar refractivity (Wildman–Crippen MR) is 95.0 cm³/mol. The number of ether oxygens (including phenoxy) is 1. The van der Waals surface area contributed by atoms with Crippen LogP contribution in [0.1, 0.15) is 43.6 Å². The summed E-state index contributed by atoms with van der Waals surface area (Å²) in [5.41, 5.74) is 1.11. The van der Waals surface area contributed by atoms with Crippen molar-refractivity contribution in [2.24, 2.45) is 0 Å². The number of β-amino-alcohol motifs (C(OH)–C–C–N with tert-alkyl or cyclic N) is 1. The van der Waals surface area contributed by atoms with Gasteiger partial charge in [-0.1, -0.05) is 12.1 Å². The first-order valence-corrected chi connectivity index (χ1v) is 8.57. The average molecular weight is 334 g/mol. The zero-order valence-electron chi connectivity index (χ0n) is 15.5. The van der Waals surface area contributed by atoms with Crippen LogP contribution < -0.4 is 0 Å². The van der Waals surface area contributed by atoms with Crippen LogP contribution in [0.25, 0.3) is 0 Å².